The van der Waals surface area contributed by atoms with Crippen LogP contribution in [0.2, 0.25) is 0 Å². The zero-order chi connectivity index (χ0) is 14.1. The Hall–Kier alpha value is -1.22. The molecule has 0 amide bonds. The predicted octanol–water partition coefficient (Wildman–Crippen LogP) is 3.89. The van der Waals surface area contributed by atoms with E-state index in [-0.39, 0.29) is 0 Å². The summed E-state index contributed by atoms with van der Waals surface area (Å²) >= 11 is 0. The molecular weight excluding hydrogens is 250 g/mol. The summed E-state index contributed by atoms with van der Waals surface area (Å²) < 4.78 is 10.8. The van der Waals surface area contributed by atoms with Crippen LogP contribution in [0.4, 0.5) is 0 Å². The second-order valence-electron chi connectivity index (χ2n) is 6.47. The summed E-state index contributed by atoms with van der Waals surface area (Å²) in [6.45, 7) is 7.34. The van der Waals surface area contributed by atoms with Gasteiger partial charge in [0.1, 0.15) is 0 Å². The number of rotatable bonds is 3. The lowest BCUT2D eigenvalue weighted by Crippen LogP contribution is -2.37. The minimum Gasteiger partial charge on any atom is -0.454 e. The van der Waals surface area contributed by atoms with Crippen molar-refractivity contribution < 1.29 is 9.47 Å². The average Bonchev–Trinajstić information content (AvgIpc) is 2.90. The molecule has 0 radical (unpaired) electrons. The zero-order valence-corrected chi connectivity index (χ0v) is 12.7. The molecule has 3 rings (SSSR count). The van der Waals surface area contributed by atoms with Gasteiger partial charge in [-0.25, -0.2) is 0 Å². The molecule has 110 valence electrons. The van der Waals surface area contributed by atoms with Crippen LogP contribution in [0.25, 0.3) is 0 Å². The van der Waals surface area contributed by atoms with Crippen LogP contribution >= 0.6 is 0 Å². The molecule has 1 aliphatic heterocycles. The van der Waals surface area contributed by atoms with Crippen molar-refractivity contribution in [2.75, 3.05) is 6.79 Å². The van der Waals surface area contributed by atoms with Crippen molar-refractivity contribution in [1.29, 1.82) is 0 Å². The van der Waals surface area contributed by atoms with E-state index >= 15 is 0 Å². The fourth-order valence-electron chi connectivity index (χ4n) is 3.33. The molecule has 0 aromatic heterocycles. The first-order chi connectivity index (χ1) is 9.63. The third-order valence-corrected chi connectivity index (χ3v) is 4.98. The maximum atomic E-state index is 5.46. The smallest absolute Gasteiger partial charge is 0.231 e. The SMILES string of the molecule is CC(NC1CCC(C)C(C)C1)c1ccc2c(c1)OCO2. The normalized spacial score (nSPS) is 30.2. The summed E-state index contributed by atoms with van der Waals surface area (Å²) in [7, 11) is 0. The first kappa shape index (κ1) is 13.7. The largest absolute Gasteiger partial charge is 0.454 e. The van der Waals surface area contributed by atoms with Gasteiger partial charge in [-0.2, -0.15) is 0 Å². The maximum absolute atomic E-state index is 5.46. The Bertz CT molecular complexity index is 474. The molecule has 1 aromatic rings. The Balaban J connectivity index is 1.63. The first-order valence-electron chi connectivity index (χ1n) is 7.79. The third-order valence-electron chi connectivity index (χ3n) is 4.98. The highest BCUT2D eigenvalue weighted by Gasteiger charge is 2.26. The summed E-state index contributed by atoms with van der Waals surface area (Å²) in [6.07, 6.45) is 3.92. The summed E-state index contributed by atoms with van der Waals surface area (Å²) in [5, 5.41) is 3.78. The Morgan fingerprint density at radius 2 is 1.90 bits per heavy atom. The van der Waals surface area contributed by atoms with Gasteiger partial charge in [-0.15, -0.1) is 0 Å². The van der Waals surface area contributed by atoms with Gasteiger partial charge in [0, 0.05) is 12.1 Å². The van der Waals surface area contributed by atoms with Crippen molar-refractivity contribution in [3.63, 3.8) is 0 Å². The molecule has 0 saturated heterocycles. The molecule has 3 nitrogen and oxygen atoms in total. The molecule has 1 heterocycles. The van der Waals surface area contributed by atoms with E-state index in [1.807, 2.05) is 6.07 Å². The average molecular weight is 275 g/mol. The van der Waals surface area contributed by atoms with Gasteiger partial charge in [-0.3, -0.25) is 0 Å². The van der Waals surface area contributed by atoms with E-state index < -0.39 is 0 Å². The zero-order valence-electron chi connectivity index (χ0n) is 12.7. The second kappa shape index (κ2) is 5.65. The number of fused-ring (bicyclic) bond motifs is 1. The first-order valence-corrected chi connectivity index (χ1v) is 7.79. The van der Waals surface area contributed by atoms with E-state index in [0.717, 1.165) is 23.3 Å². The highest BCUT2D eigenvalue weighted by Crippen LogP contribution is 2.35. The Morgan fingerprint density at radius 3 is 2.70 bits per heavy atom. The number of hydrogen-bond donors (Lipinski definition) is 1. The number of ether oxygens (including phenoxy) is 2. The molecule has 1 saturated carbocycles. The molecule has 0 bridgehead atoms. The van der Waals surface area contributed by atoms with Gasteiger partial charge in [-0.05, 0) is 55.7 Å². The van der Waals surface area contributed by atoms with Gasteiger partial charge in [-0.1, -0.05) is 19.9 Å². The fourth-order valence-corrected chi connectivity index (χ4v) is 3.33. The summed E-state index contributed by atoms with van der Waals surface area (Å²) in [5.74, 6) is 3.43. The topological polar surface area (TPSA) is 30.5 Å². The van der Waals surface area contributed by atoms with Crippen molar-refractivity contribution >= 4 is 0 Å². The molecule has 1 aromatic carbocycles. The second-order valence-corrected chi connectivity index (χ2v) is 6.47. The monoisotopic (exact) mass is 275 g/mol. The van der Waals surface area contributed by atoms with E-state index in [4.69, 9.17) is 9.47 Å². The minimum atomic E-state index is 0.346. The third kappa shape index (κ3) is 2.78. The van der Waals surface area contributed by atoms with Crippen molar-refractivity contribution in [3.8, 4) is 11.5 Å². The molecule has 1 aliphatic carbocycles. The van der Waals surface area contributed by atoms with Crippen molar-refractivity contribution in [3.05, 3.63) is 23.8 Å². The van der Waals surface area contributed by atoms with Gasteiger partial charge < -0.3 is 14.8 Å². The Kier molecular flexibility index (Phi) is 3.88. The van der Waals surface area contributed by atoms with E-state index in [1.54, 1.807) is 0 Å². The lowest BCUT2D eigenvalue weighted by atomic mass is 9.79. The van der Waals surface area contributed by atoms with Crippen LogP contribution < -0.4 is 14.8 Å². The van der Waals surface area contributed by atoms with Gasteiger partial charge in [0.15, 0.2) is 11.5 Å². The van der Waals surface area contributed by atoms with Crippen LogP contribution in [0.15, 0.2) is 18.2 Å². The van der Waals surface area contributed by atoms with E-state index in [2.05, 4.69) is 38.2 Å². The number of nitrogens with one attached hydrogen (secondary N) is 1. The number of hydrogen-bond acceptors (Lipinski definition) is 3. The summed E-state index contributed by atoms with van der Waals surface area (Å²) in [5.41, 5.74) is 1.28. The molecule has 20 heavy (non-hydrogen) atoms. The van der Waals surface area contributed by atoms with Crippen molar-refractivity contribution in [2.24, 2.45) is 11.8 Å². The van der Waals surface area contributed by atoms with Crippen LogP contribution in [0.5, 0.6) is 11.5 Å². The van der Waals surface area contributed by atoms with E-state index in [1.165, 1.54) is 24.8 Å². The summed E-state index contributed by atoms with van der Waals surface area (Å²) in [4.78, 5) is 0. The molecule has 2 aliphatic rings. The molecule has 3 heteroatoms. The van der Waals surface area contributed by atoms with Gasteiger partial charge in [0.25, 0.3) is 0 Å². The lowest BCUT2D eigenvalue weighted by molar-refractivity contribution is 0.174. The van der Waals surface area contributed by atoms with Crippen LogP contribution in [0, 0.1) is 11.8 Å². The van der Waals surface area contributed by atoms with E-state index in [0.29, 0.717) is 18.9 Å². The quantitative estimate of drug-likeness (QED) is 0.907. The Labute approximate surface area is 121 Å². The summed E-state index contributed by atoms with van der Waals surface area (Å²) in [6, 6.07) is 7.26. The van der Waals surface area contributed by atoms with Gasteiger partial charge in [0.2, 0.25) is 6.79 Å². The standard InChI is InChI=1S/C17H25NO2/c1-11-4-6-15(8-12(11)2)18-13(3)14-5-7-16-17(9-14)20-10-19-16/h5,7,9,11-13,15,18H,4,6,8,10H2,1-3H3. The van der Waals surface area contributed by atoms with Crippen molar-refractivity contribution in [1.82, 2.24) is 5.32 Å². The lowest BCUT2D eigenvalue weighted by Gasteiger charge is -2.34. The molecular formula is C17H25NO2. The molecule has 1 fully saturated rings. The van der Waals surface area contributed by atoms with Gasteiger partial charge >= 0.3 is 0 Å². The van der Waals surface area contributed by atoms with Crippen LogP contribution in [-0.4, -0.2) is 12.8 Å². The van der Waals surface area contributed by atoms with Gasteiger partial charge in [0.05, 0.1) is 0 Å². The molecule has 4 unspecified atom stereocenters. The van der Waals surface area contributed by atoms with Crippen LogP contribution in [-0.2, 0) is 0 Å². The predicted molar refractivity (Wildman–Crippen MR) is 80.1 cm³/mol. The molecule has 4 atom stereocenters. The minimum absolute atomic E-state index is 0.346. The van der Waals surface area contributed by atoms with Crippen LogP contribution in [0.3, 0.4) is 0 Å². The number of benzene rings is 1. The fraction of sp³-hybridized carbons (Fsp3) is 0.647. The van der Waals surface area contributed by atoms with Crippen molar-refractivity contribution in [2.45, 2.75) is 52.1 Å². The maximum Gasteiger partial charge on any atom is 0.231 e. The highest BCUT2D eigenvalue weighted by molar-refractivity contribution is 5.45. The van der Waals surface area contributed by atoms with Crippen LogP contribution in [0.1, 0.15) is 51.6 Å². The Morgan fingerprint density at radius 1 is 1.10 bits per heavy atom. The molecule has 0 spiro atoms. The van der Waals surface area contributed by atoms with E-state index in [9.17, 15) is 0 Å². The molecule has 1 N–H and O–H groups in total. The highest BCUT2D eigenvalue weighted by atomic mass is 16.7.